The summed E-state index contributed by atoms with van der Waals surface area (Å²) in [6.07, 6.45) is 6.86. The molecule has 2 aromatic heterocycles. The van der Waals surface area contributed by atoms with E-state index in [2.05, 4.69) is 64.1 Å². The number of benzene rings is 1. The van der Waals surface area contributed by atoms with Gasteiger partial charge in [-0.25, -0.2) is 4.98 Å². The second-order valence-corrected chi connectivity index (χ2v) is 8.11. The van der Waals surface area contributed by atoms with Crippen LogP contribution in [0.2, 0.25) is 0 Å². The van der Waals surface area contributed by atoms with E-state index < -0.39 is 0 Å². The monoisotopic (exact) mass is 353 g/mol. The molecule has 0 aliphatic rings. The minimum absolute atomic E-state index is 0.629. The maximum atomic E-state index is 4.84. The maximum Gasteiger partial charge on any atom is 0.124 e. The first kappa shape index (κ1) is 17.9. The van der Waals surface area contributed by atoms with E-state index in [9.17, 15) is 0 Å². The summed E-state index contributed by atoms with van der Waals surface area (Å²) >= 11 is 1.79. The van der Waals surface area contributed by atoms with Crippen molar-refractivity contribution in [3.63, 3.8) is 0 Å². The van der Waals surface area contributed by atoms with Gasteiger partial charge in [0, 0.05) is 24.2 Å². The van der Waals surface area contributed by atoms with Crippen molar-refractivity contribution < 1.29 is 0 Å². The molecule has 0 N–H and O–H groups in total. The summed E-state index contributed by atoms with van der Waals surface area (Å²) in [5, 5.41) is 6.80. The zero-order valence-corrected chi connectivity index (χ0v) is 16.9. The number of nitrogens with zero attached hydrogens (tertiary/aromatic N) is 3. The third-order valence-electron chi connectivity index (χ3n) is 4.85. The zero-order valence-electron chi connectivity index (χ0n) is 16.1. The highest BCUT2D eigenvalue weighted by Crippen LogP contribution is 2.33. The normalized spacial score (nSPS) is 13.6. The molecule has 0 amide bonds. The Morgan fingerprint density at radius 1 is 1.32 bits per heavy atom. The lowest BCUT2D eigenvalue weighted by Crippen LogP contribution is -1.95. The van der Waals surface area contributed by atoms with E-state index in [0.29, 0.717) is 5.92 Å². The second-order valence-electron chi connectivity index (χ2n) is 7.08. The molecule has 0 aliphatic carbocycles. The summed E-state index contributed by atoms with van der Waals surface area (Å²) in [4.78, 5) is 6.12. The molecule has 1 atom stereocenters. The van der Waals surface area contributed by atoms with Gasteiger partial charge in [-0.05, 0) is 56.9 Å². The van der Waals surface area contributed by atoms with E-state index in [1.54, 1.807) is 11.3 Å². The Morgan fingerprint density at radius 3 is 2.80 bits per heavy atom. The van der Waals surface area contributed by atoms with E-state index in [4.69, 9.17) is 4.98 Å². The molecule has 4 heteroatoms. The largest absolute Gasteiger partial charge is 0.275 e. The third kappa shape index (κ3) is 3.69. The van der Waals surface area contributed by atoms with Gasteiger partial charge in [0.15, 0.2) is 0 Å². The van der Waals surface area contributed by atoms with Gasteiger partial charge in [-0.15, -0.1) is 11.3 Å². The fraction of sp³-hybridized carbons (Fsp3) is 0.429. The number of thiazole rings is 1. The molecule has 0 radical (unpaired) electrons. The first-order valence-electron chi connectivity index (χ1n) is 8.99. The van der Waals surface area contributed by atoms with Crippen molar-refractivity contribution in [2.75, 3.05) is 0 Å². The van der Waals surface area contributed by atoms with Crippen LogP contribution < -0.4 is 0 Å². The second kappa shape index (κ2) is 7.12. The van der Waals surface area contributed by atoms with Crippen LogP contribution in [0.5, 0.6) is 0 Å². The third-order valence-corrected chi connectivity index (χ3v) is 6.00. The molecular weight excluding hydrogens is 326 g/mol. The van der Waals surface area contributed by atoms with Gasteiger partial charge in [-0.1, -0.05) is 25.8 Å². The Kier molecular flexibility index (Phi) is 5.09. The van der Waals surface area contributed by atoms with Gasteiger partial charge in [0.05, 0.1) is 16.1 Å². The van der Waals surface area contributed by atoms with Gasteiger partial charge in [-0.3, -0.25) is 4.68 Å². The van der Waals surface area contributed by atoms with Crippen molar-refractivity contribution in [2.24, 2.45) is 13.0 Å². The summed E-state index contributed by atoms with van der Waals surface area (Å²) in [6.45, 7) is 11.0. The highest BCUT2D eigenvalue weighted by Gasteiger charge is 2.12. The SMILES string of the molecule is CCCC(C)/C(C)=C/c1sc(-c2cc(C)c3nn(C)cc3c2)nc1C. The molecule has 132 valence electrons. The van der Waals surface area contributed by atoms with E-state index in [0.717, 1.165) is 16.2 Å². The van der Waals surface area contributed by atoms with Gasteiger partial charge in [0.2, 0.25) is 0 Å². The van der Waals surface area contributed by atoms with Crippen LogP contribution in [0.1, 0.15) is 49.7 Å². The van der Waals surface area contributed by atoms with Crippen LogP contribution in [0.15, 0.2) is 23.9 Å². The number of allylic oxidation sites excluding steroid dienone is 1. The van der Waals surface area contributed by atoms with Crippen molar-refractivity contribution in [1.82, 2.24) is 14.8 Å². The summed E-state index contributed by atoms with van der Waals surface area (Å²) in [5.74, 6) is 0.629. The molecule has 0 fully saturated rings. The molecule has 3 rings (SSSR count). The van der Waals surface area contributed by atoms with Crippen molar-refractivity contribution in [1.29, 1.82) is 0 Å². The molecule has 1 unspecified atom stereocenters. The number of aryl methyl sites for hydroxylation is 3. The molecule has 0 bridgehead atoms. The number of hydrogen-bond acceptors (Lipinski definition) is 3. The number of fused-ring (bicyclic) bond motifs is 1. The zero-order chi connectivity index (χ0) is 18.1. The standard InChI is InChI=1S/C21H27N3S/c1-7-8-13(2)14(3)10-19-16(5)22-21(25-19)17-9-15(4)20-18(11-17)12-24(6)23-20/h9-13H,7-8H2,1-6H3/b14-10+. The van der Waals surface area contributed by atoms with E-state index >= 15 is 0 Å². The summed E-state index contributed by atoms with van der Waals surface area (Å²) < 4.78 is 1.88. The predicted molar refractivity (Wildman–Crippen MR) is 109 cm³/mol. The van der Waals surface area contributed by atoms with Crippen LogP contribution in [-0.4, -0.2) is 14.8 Å². The number of rotatable bonds is 5. The smallest absolute Gasteiger partial charge is 0.124 e. The van der Waals surface area contributed by atoms with E-state index in [1.165, 1.54) is 39.8 Å². The molecule has 3 nitrogen and oxygen atoms in total. The molecule has 0 saturated carbocycles. The lowest BCUT2D eigenvalue weighted by Gasteiger charge is -2.10. The van der Waals surface area contributed by atoms with Crippen molar-refractivity contribution >= 4 is 28.3 Å². The van der Waals surface area contributed by atoms with Gasteiger partial charge < -0.3 is 0 Å². The van der Waals surface area contributed by atoms with Gasteiger partial charge in [-0.2, -0.15) is 5.10 Å². The highest BCUT2D eigenvalue weighted by atomic mass is 32.1. The number of aromatic nitrogens is 3. The topological polar surface area (TPSA) is 30.7 Å². The quantitative estimate of drug-likeness (QED) is 0.550. The predicted octanol–water partition coefficient (Wildman–Crippen LogP) is 6.15. The molecule has 3 aromatic rings. The molecule has 0 saturated heterocycles. The molecule has 0 aliphatic heterocycles. The average molecular weight is 354 g/mol. The lowest BCUT2D eigenvalue weighted by molar-refractivity contribution is 0.605. The Bertz CT molecular complexity index is 930. The van der Waals surface area contributed by atoms with E-state index in [-0.39, 0.29) is 0 Å². The van der Waals surface area contributed by atoms with Crippen LogP contribution in [0.4, 0.5) is 0 Å². The van der Waals surface area contributed by atoms with Crippen LogP contribution in [0.25, 0.3) is 27.6 Å². The Morgan fingerprint density at radius 2 is 2.08 bits per heavy atom. The van der Waals surface area contributed by atoms with Gasteiger partial charge >= 0.3 is 0 Å². The summed E-state index contributed by atoms with van der Waals surface area (Å²) in [5.41, 5.74) is 6.02. The Hall–Kier alpha value is -1.94. The molecule has 2 heterocycles. The van der Waals surface area contributed by atoms with Gasteiger partial charge in [0.1, 0.15) is 5.01 Å². The van der Waals surface area contributed by atoms with E-state index in [1.807, 2.05) is 11.7 Å². The maximum absolute atomic E-state index is 4.84. The molecule has 0 spiro atoms. The fourth-order valence-corrected chi connectivity index (χ4v) is 4.29. The first-order chi connectivity index (χ1) is 11.9. The van der Waals surface area contributed by atoms with Crippen molar-refractivity contribution in [3.8, 4) is 10.6 Å². The Balaban J connectivity index is 1.98. The van der Waals surface area contributed by atoms with Crippen molar-refractivity contribution in [2.45, 2.75) is 47.5 Å². The molecular formula is C21H27N3S. The van der Waals surface area contributed by atoms with Crippen LogP contribution in [0.3, 0.4) is 0 Å². The van der Waals surface area contributed by atoms with Gasteiger partial charge in [0.25, 0.3) is 0 Å². The lowest BCUT2D eigenvalue weighted by atomic mass is 9.97. The number of hydrogen-bond donors (Lipinski definition) is 0. The van der Waals surface area contributed by atoms with Crippen LogP contribution in [0, 0.1) is 19.8 Å². The molecule has 1 aromatic carbocycles. The van der Waals surface area contributed by atoms with Crippen LogP contribution >= 0.6 is 11.3 Å². The highest BCUT2D eigenvalue weighted by molar-refractivity contribution is 7.16. The summed E-state index contributed by atoms with van der Waals surface area (Å²) in [6, 6.07) is 4.40. The average Bonchev–Trinajstić information content (AvgIpc) is 3.10. The fourth-order valence-electron chi connectivity index (χ4n) is 3.23. The summed E-state index contributed by atoms with van der Waals surface area (Å²) in [7, 11) is 1.97. The van der Waals surface area contributed by atoms with Crippen molar-refractivity contribution in [3.05, 3.63) is 40.0 Å². The minimum atomic E-state index is 0.629. The minimum Gasteiger partial charge on any atom is -0.275 e. The van der Waals surface area contributed by atoms with Crippen LogP contribution in [-0.2, 0) is 7.05 Å². The Labute approximate surface area is 154 Å². The first-order valence-corrected chi connectivity index (χ1v) is 9.80. The molecule has 25 heavy (non-hydrogen) atoms.